The quantitative estimate of drug-likeness (QED) is 0.182. The third kappa shape index (κ3) is 5.60. The van der Waals surface area contributed by atoms with Gasteiger partial charge in [0.1, 0.15) is 5.69 Å². The Morgan fingerprint density at radius 1 is 0.422 bits per heavy atom. The fraction of sp³-hybridized carbons (Fsp3) is 0.0270. The summed E-state index contributed by atoms with van der Waals surface area (Å²) in [6, 6.07) is 42.5. The van der Waals surface area contributed by atoms with E-state index >= 15 is 0 Å². The Kier molecular flexibility index (Phi) is 7.43. The molecule has 7 aromatic rings. The number of phenolic OH excluding ortho intramolecular Hbond substituents is 1. The molecule has 0 heterocycles. The first kappa shape index (κ1) is 27.5. The summed E-state index contributed by atoms with van der Waals surface area (Å²) in [5.74, 6) is 0.0911. The van der Waals surface area contributed by atoms with Crippen LogP contribution in [0.5, 0.6) is 5.75 Å². The molecule has 0 unspecified atom stereocenters. The van der Waals surface area contributed by atoms with Crippen molar-refractivity contribution in [1.29, 1.82) is 0 Å². The zero-order chi connectivity index (χ0) is 30.6. The van der Waals surface area contributed by atoms with Crippen molar-refractivity contribution in [3.63, 3.8) is 0 Å². The van der Waals surface area contributed by atoms with Gasteiger partial charge in [-0.2, -0.15) is 5.11 Å². The SMILES string of the molecule is CNc1ccc2c(O)c(N=Nc3ccc(N=Nc4ccc(N=Nc5ccccc5)c5ccccc45)c4ccccc34)ccc2c1. The number of hydrogen-bond donors (Lipinski definition) is 2. The Hall–Kier alpha value is -6.28. The number of phenols is 1. The van der Waals surface area contributed by atoms with E-state index in [4.69, 9.17) is 0 Å². The van der Waals surface area contributed by atoms with Crippen LogP contribution in [0.2, 0.25) is 0 Å². The van der Waals surface area contributed by atoms with Crippen molar-refractivity contribution < 1.29 is 5.11 Å². The molecule has 7 rings (SSSR count). The molecule has 0 spiro atoms. The highest BCUT2D eigenvalue weighted by atomic mass is 16.3. The Morgan fingerprint density at radius 3 is 1.38 bits per heavy atom. The van der Waals surface area contributed by atoms with Crippen LogP contribution in [0.3, 0.4) is 0 Å². The normalized spacial score (nSPS) is 11.9. The highest BCUT2D eigenvalue weighted by Crippen LogP contribution is 2.40. The predicted octanol–water partition coefficient (Wildman–Crippen LogP) is 12.1. The van der Waals surface area contributed by atoms with E-state index in [9.17, 15) is 5.11 Å². The second kappa shape index (κ2) is 12.1. The lowest BCUT2D eigenvalue weighted by molar-refractivity contribution is 0.482. The topological polar surface area (TPSA) is 106 Å². The van der Waals surface area contributed by atoms with Crippen molar-refractivity contribution in [2.75, 3.05) is 12.4 Å². The molecule has 0 bridgehead atoms. The van der Waals surface area contributed by atoms with Gasteiger partial charge in [0.2, 0.25) is 0 Å². The molecule has 216 valence electrons. The zero-order valence-corrected chi connectivity index (χ0v) is 24.3. The summed E-state index contributed by atoms with van der Waals surface area (Å²) < 4.78 is 0. The van der Waals surface area contributed by atoms with E-state index in [2.05, 4.69) is 36.0 Å². The summed E-state index contributed by atoms with van der Waals surface area (Å²) in [6.07, 6.45) is 0. The Morgan fingerprint density at radius 2 is 0.867 bits per heavy atom. The van der Waals surface area contributed by atoms with E-state index in [0.29, 0.717) is 22.4 Å². The van der Waals surface area contributed by atoms with Crippen molar-refractivity contribution in [2.45, 2.75) is 0 Å². The molecule has 2 N–H and O–H groups in total. The first-order valence-corrected chi connectivity index (χ1v) is 14.5. The van der Waals surface area contributed by atoms with Crippen LogP contribution in [0.25, 0.3) is 32.3 Å². The first-order chi connectivity index (χ1) is 22.2. The average molecular weight is 586 g/mol. The number of azo groups is 3. The number of anilines is 1. The van der Waals surface area contributed by atoms with Gasteiger partial charge in [0.05, 0.1) is 28.4 Å². The van der Waals surface area contributed by atoms with Gasteiger partial charge in [0, 0.05) is 39.7 Å². The highest BCUT2D eigenvalue weighted by Gasteiger charge is 2.10. The molecule has 0 fully saturated rings. The van der Waals surface area contributed by atoms with E-state index in [0.717, 1.165) is 49.7 Å². The second-order valence-corrected chi connectivity index (χ2v) is 10.4. The standard InChI is InChI=1S/C37H27N7O/c1-38-26-16-17-27-24(23-26)15-18-36(37(27)45)44-43-35-22-21-34(30-13-7-8-14-31(30)35)42-41-33-20-19-32(28-11-5-6-12-29(28)33)40-39-25-9-3-2-4-10-25/h2-23,38,45H,1H3. The molecule has 0 aliphatic rings. The third-order valence-electron chi connectivity index (χ3n) is 7.58. The minimum atomic E-state index is 0.0911. The van der Waals surface area contributed by atoms with Gasteiger partial charge in [-0.3, -0.25) is 0 Å². The van der Waals surface area contributed by atoms with E-state index in [1.807, 2.05) is 134 Å². The summed E-state index contributed by atoms with van der Waals surface area (Å²) in [6.45, 7) is 0. The maximum atomic E-state index is 10.9. The summed E-state index contributed by atoms with van der Waals surface area (Å²) in [5, 5.41) is 46.4. The van der Waals surface area contributed by atoms with Crippen LogP contribution in [0.15, 0.2) is 164 Å². The molecule has 0 atom stereocenters. The fourth-order valence-corrected chi connectivity index (χ4v) is 5.24. The monoisotopic (exact) mass is 585 g/mol. The van der Waals surface area contributed by atoms with E-state index < -0.39 is 0 Å². The van der Waals surface area contributed by atoms with E-state index in [1.165, 1.54) is 0 Å². The van der Waals surface area contributed by atoms with Gasteiger partial charge in [-0.05, 0) is 66.0 Å². The van der Waals surface area contributed by atoms with Crippen molar-refractivity contribution in [3.05, 3.63) is 133 Å². The molecule has 0 saturated heterocycles. The zero-order valence-electron chi connectivity index (χ0n) is 24.3. The van der Waals surface area contributed by atoms with Crippen LogP contribution in [0, 0.1) is 0 Å². The van der Waals surface area contributed by atoms with Gasteiger partial charge in [-0.25, -0.2) is 0 Å². The molecule has 0 amide bonds. The Balaban J connectivity index is 1.20. The lowest BCUT2D eigenvalue weighted by Crippen LogP contribution is -1.87. The maximum absolute atomic E-state index is 10.9. The number of nitrogens with one attached hydrogen (secondary N) is 1. The Bertz CT molecular complexity index is 2280. The molecule has 0 radical (unpaired) electrons. The summed E-state index contributed by atoms with van der Waals surface area (Å²) in [4.78, 5) is 0. The average Bonchev–Trinajstić information content (AvgIpc) is 3.10. The number of hydrogen-bond acceptors (Lipinski definition) is 8. The van der Waals surface area contributed by atoms with Crippen LogP contribution in [0.4, 0.5) is 39.8 Å². The molecule has 0 aromatic heterocycles. The third-order valence-corrected chi connectivity index (χ3v) is 7.58. The van der Waals surface area contributed by atoms with Gasteiger partial charge in [0.15, 0.2) is 5.75 Å². The Labute approximate surface area is 259 Å². The second-order valence-electron chi connectivity index (χ2n) is 10.4. The van der Waals surface area contributed by atoms with Crippen LogP contribution in [0.1, 0.15) is 0 Å². The fourth-order valence-electron chi connectivity index (χ4n) is 5.24. The van der Waals surface area contributed by atoms with E-state index in [-0.39, 0.29) is 5.75 Å². The number of nitrogens with zero attached hydrogens (tertiary/aromatic N) is 6. The number of aromatic hydroxyl groups is 1. The van der Waals surface area contributed by atoms with E-state index in [1.54, 1.807) is 6.07 Å². The minimum absolute atomic E-state index is 0.0911. The van der Waals surface area contributed by atoms with Gasteiger partial charge >= 0.3 is 0 Å². The van der Waals surface area contributed by atoms with Crippen molar-refractivity contribution >= 4 is 72.1 Å². The largest absolute Gasteiger partial charge is 0.505 e. The molecular formula is C37H27N7O. The number of fused-ring (bicyclic) bond motifs is 3. The van der Waals surface area contributed by atoms with Crippen molar-refractivity contribution in [1.82, 2.24) is 0 Å². The van der Waals surface area contributed by atoms with Gasteiger partial charge in [0.25, 0.3) is 0 Å². The lowest BCUT2D eigenvalue weighted by Gasteiger charge is -2.07. The van der Waals surface area contributed by atoms with Crippen LogP contribution in [-0.4, -0.2) is 12.2 Å². The van der Waals surface area contributed by atoms with Gasteiger partial charge < -0.3 is 10.4 Å². The summed E-state index contributed by atoms with van der Waals surface area (Å²) in [7, 11) is 1.86. The number of benzene rings is 7. The molecule has 8 nitrogen and oxygen atoms in total. The molecule has 0 aliphatic heterocycles. The van der Waals surface area contributed by atoms with Gasteiger partial charge in [-0.15, -0.1) is 25.6 Å². The molecular weight excluding hydrogens is 558 g/mol. The number of rotatable bonds is 7. The summed E-state index contributed by atoms with van der Waals surface area (Å²) in [5.41, 5.74) is 5.00. The first-order valence-electron chi connectivity index (χ1n) is 14.5. The molecule has 45 heavy (non-hydrogen) atoms. The van der Waals surface area contributed by atoms with Crippen LogP contribution < -0.4 is 5.32 Å². The molecule has 8 heteroatoms. The molecule has 0 aliphatic carbocycles. The minimum Gasteiger partial charge on any atom is -0.505 e. The van der Waals surface area contributed by atoms with Crippen molar-refractivity contribution in [3.8, 4) is 5.75 Å². The van der Waals surface area contributed by atoms with Crippen LogP contribution in [-0.2, 0) is 0 Å². The smallest absolute Gasteiger partial charge is 0.150 e. The van der Waals surface area contributed by atoms with Crippen molar-refractivity contribution in [2.24, 2.45) is 30.7 Å². The van der Waals surface area contributed by atoms with Crippen LogP contribution >= 0.6 is 0 Å². The van der Waals surface area contributed by atoms with Gasteiger partial charge in [-0.1, -0.05) is 72.8 Å². The lowest BCUT2D eigenvalue weighted by atomic mass is 10.1. The highest BCUT2D eigenvalue weighted by molar-refractivity contribution is 6.01. The molecule has 0 saturated carbocycles. The molecule has 7 aromatic carbocycles. The summed E-state index contributed by atoms with van der Waals surface area (Å²) >= 11 is 0. The maximum Gasteiger partial charge on any atom is 0.150 e. The predicted molar refractivity (Wildman–Crippen MR) is 182 cm³/mol.